The summed E-state index contributed by atoms with van der Waals surface area (Å²) in [4.78, 5) is 0. The van der Waals surface area contributed by atoms with Crippen LogP contribution in [-0.4, -0.2) is 12.6 Å². The molecule has 0 radical (unpaired) electrons. The molecule has 0 aliphatic carbocycles. The van der Waals surface area contributed by atoms with Crippen LogP contribution in [0.5, 0.6) is 0 Å². The van der Waals surface area contributed by atoms with Crippen LogP contribution in [0.3, 0.4) is 0 Å². The zero-order valence-electron chi connectivity index (χ0n) is 10.5. The Kier molecular flexibility index (Phi) is 5.47. The van der Waals surface area contributed by atoms with Crippen molar-refractivity contribution < 1.29 is 4.39 Å². The largest absolute Gasteiger partial charge is 0.314 e. The first kappa shape index (κ1) is 13.2. The molecule has 1 unspecified atom stereocenters. The van der Waals surface area contributed by atoms with Crippen LogP contribution in [0.15, 0.2) is 18.2 Å². The summed E-state index contributed by atoms with van der Waals surface area (Å²) in [6, 6.07) is 5.50. The molecule has 0 fully saturated rings. The molecule has 1 aromatic rings. The molecule has 0 saturated heterocycles. The van der Waals surface area contributed by atoms with E-state index in [2.05, 4.69) is 19.2 Å². The predicted molar refractivity (Wildman–Crippen MR) is 67.2 cm³/mol. The Hall–Kier alpha value is -0.890. The monoisotopic (exact) mass is 223 g/mol. The Bertz CT molecular complexity index is 323. The number of rotatable bonds is 6. The van der Waals surface area contributed by atoms with E-state index in [4.69, 9.17) is 0 Å². The maximum Gasteiger partial charge on any atom is 0.123 e. The average molecular weight is 223 g/mol. The van der Waals surface area contributed by atoms with Gasteiger partial charge in [0.15, 0.2) is 0 Å². The average Bonchev–Trinajstić information content (AvgIpc) is 2.28. The molecule has 0 saturated carbocycles. The van der Waals surface area contributed by atoms with Crippen molar-refractivity contribution in [1.82, 2.24) is 5.32 Å². The van der Waals surface area contributed by atoms with Crippen LogP contribution in [-0.2, 0) is 6.42 Å². The first-order chi connectivity index (χ1) is 7.67. The summed E-state index contributed by atoms with van der Waals surface area (Å²) >= 11 is 0. The lowest BCUT2D eigenvalue weighted by Gasteiger charge is -2.17. The summed E-state index contributed by atoms with van der Waals surface area (Å²) in [5, 5.41) is 3.49. The Labute approximate surface area is 98.1 Å². The van der Waals surface area contributed by atoms with Gasteiger partial charge in [0, 0.05) is 6.04 Å². The molecule has 0 heterocycles. The molecule has 1 nitrogen and oxygen atoms in total. The molecule has 0 spiro atoms. The first-order valence-corrected chi connectivity index (χ1v) is 6.15. The Balaban J connectivity index is 2.65. The highest BCUT2D eigenvalue weighted by Gasteiger charge is 2.08. The quantitative estimate of drug-likeness (QED) is 0.779. The highest BCUT2D eigenvalue weighted by molar-refractivity contribution is 5.27. The molecule has 1 atom stereocenters. The van der Waals surface area contributed by atoms with Gasteiger partial charge >= 0.3 is 0 Å². The fourth-order valence-electron chi connectivity index (χ4n) is 1.83. The van der Waals surface area contributed by atoms with E-state index >= 15 is 0 Å². The highest BCUT2D eigenvalue weighted by atomic mass is 19.1. The summed E-state index contributed by atoms with van der Waals surface area (Å²) in [6.07, 6.45) is 3.13. The summed E-state index contributed by atoms with van der Waals surface area (Å²) in [5.41, 5.74) is 2.30. The molecule has 1 rings (SSSR count). The second-order valence-electron chi connectivity index (χ2n) is 4.33. The van der Waals surface area contributed by atoms with E-state index in [1.165, 1.54) is 11.6 Å². The topological polar surface area (TPSA) is 12.0 Å². The number of nitrogens with one attached hydrogen (secondary N) is 1. The standard InChI is InChI=1S/C14H22FN/c1-4-8-16-14(5-2)10-12-9-13(15)7-6-11(12)3/h6-7,9,14,16H,4-5,8,10H2,1-3H3. The van der Waals surface area contributed by atoms with Crippen molar-refractivity contribution in [2.45, 2.75) is 46.1 Å². The fraction of sp³-hybridized carbons (Fsp3) is 0.571. The van der Waals surface area contributed by atoms with E-state index in [1.54, 1.807) is 6.07 Å². The van der Waals surface area contributed by atoms with Gasteiger partial charge in [-0.1, -0.05) is 19.9 Å². The van der Waals surface area contributed by atoms with Crippen molar-refractivity contribution in [2.75, 3.05) is 6.54 Å². The molecular formula is C14H22FN. The SMILES string of the molecule is CCCNC(CC)Cc1cc(F)ccc1C. The second-order valence-corrected chi connectivity index (χ2v) is 4.33. The van der Waals surface area contributed by atoms with Gasteiger partial charge in [-0.2, -0.15) is 0 Å². The molecule has 1 N–H and O–H groups in total. The van der Waals surface area contributed by atoms with E-state index in [0.717, 1.165) is 31.4 Å². The number of hydrogen-bond acceptors (Lipinski definition) is 1. The van der Waals surface area contributed by atoms with Crippen LogP contribution in [0.25, 0.3) is 0 Å². The van der Waals surface area contributed by atoms with Crippen molar-refractivity contribution in [2.24, 2.45) is 0 Å². The maximum atomic E-state index is 13.1. The number of hydrogen-bond donors (Lipinski definition) is 1. The number of halogens is 1. The first-order valence-electron chi connectivity index (χ1n) is 6.15. The second kappa shape index (κ2) is 6.64. The van der Waals surface area contributed by atoms with Gasteiger partial charge < -0.3 is 5.32 Å². The molecule has 0 aliphatic rings. The fourth-order valence-corrected chi connectivity index (χ4v) is 1.83. The summed E-state index contributed by atoms with van der Waals surface area (Å²) in [6.45, 7) is 7.41. The van der Waals surface area contributed by atoms with E-state index in [0.29, 0.717) is 6.04 Å². The van der Waals surface area contributed by atoms with Gasteiger partial charge in [-0.25, -0.2) is 4.39 Å². The smallest absolute Gasteiger partial charge is 0.123 e. The van der Waals surface area contributed by atoms with Crippen LogP contribution in [0, 0.1) is 12.7 Å². The number of benzene rings is 1. The summed E-state index contributed by atoms with van der Waals surface area (Å²) in [5.74, 6) is -0.133. The molecule has 90 valence electrons. The minimum Gasteiger partial charge on any atom is -0.314 e. The number of aryl methyl sites for hydroxylation is 1. The molecular weight excluding hydrogens is 201 g/mol. The third-order valence-electron chi connectivity index (χ3n) is 2.95. The normalized spacial score (nSPS) is 12.8. The minimum absolute atomic E-state index is 0.133. The van der Waals surface area contributed by atoms with Gasteiger partial charge in [0.1, 0.15) is 5.82 Å². The predicted octanol–water partition coefficient (Wildman–Crippen LogP) is 3.45. The zero-order valence-corrected chi connectivity index (χ0v) is 10.5. The third-order valence-corrected chi connectivity index (χ3v) is 2.95. The lowest BCUT2D eigenvalue weighted by Crippen LogP contribution is -2.31. The summed E-state index contributed by atoms with van der Waals surface area (Å²) < 4.78 is 13.1. The van der Waals surface area contributed by atoms with Crippen LogP contribution in [0.2, 0.25) is 0 Å². The maximum absolute atomic E-state index is 13.1. The molecule has 0 aromatic heterocycles. The van der Waals surface area contributed by atoms with Crippen LogP contribution in [0.1, 0.15) is 37.8 Å². The van der Waals surface area contributed by atoms with E-state index in [1.807, 2.05) is 13.0 Å². The lowest BCUT2D eigenvalue weighted by atomic mass is 9.99. The van der Waals surface area contributed by atoms with Gasteiger partial charge in [-0.15, -0.1) is 0 Å². The Morgan fingerprint density at radius 1 is 1.31 bits per heavy atom. The molecule has 16 heavy (non-hydrogen) atoms. The van der Waals surface area contributed by atoms with Crippen LogP contribution < -0.4 is 5.32 Å². The van der Waals surface area contributed by atoms with E-state index in [-0.39, 0.29) is 5.82 Å². The van der Waals surface area contributed by atoms with Gasteiger partial charge in [0.05, 0.1) is 0 Å². The summed E-state index contributed by atoms with van der Waals surface area (Å²) in [7, 11) is 0. The van der Waals surface area contributed by atoms with Crippen molar-refractivity contribution in [3.63, 3.8) is 0 Å². The Morgan fingerprint density at radius 3 is 2.69 bits per heavy atom. The minimum atomic E-state index is -0.133. The highest BCUT2D eigenvalue weighted by Crippen LogP contribution is 2.13. The lowest BCUT2D eigenvalue weighted by molar-refractivity contribution is 0.492. The zero-order chi connectivity index (χ0) is 12.0. The van der Waals surface area contributed by atoms with Crippen LogP contribution in [0.4, 0.5) is 4.39 Å². The van der Waals surface area contributed by atoms with E-state index in [9.17, 15) is 4.39 Å². The molecule has 0 bridgehead atoms. The van der Waals surface area contributed by atoms with Gasteiger partial charge in [-0.05, 0) is 56.0 Å². The Morgan fingerprint density at radius 2 is 2.06 bits per heavy atom. The molecule has 0 amide bonds. The van der Waals surface area contributed by atoms with Crippen molar-refractivity contribution in [3.8, 4) is 0 Å². The van der Waals surface area contributed by atoms with Crippen molar-refractivity contribution in [1.29, 1.82) is 0 Å². The van der Waals surface area contributed by atoms with Gasteiger partial charge in [0.25, 0.3) is 0 Å². The molecule has 2 heteroatoms. The molecule has 1 aromatic carbocycles. The van der Waals surface area contributed by atoms with Crippen molar-refractivity contribution >= 4 is 0 Å². The van der Waals surface area contributed by atoms with Crippen LogP contribution >= 0.6 is 0 Å². The third kappa shape index (κ3) is 3.93. The molecule has 0 aliphatic heterocycles. The van der Waals surface area contributed by atoms with Gasteiger partial charge in [-0.3, -0.25) is 0 Å². The van der Waals surface area contributed by atoms with Gasteiger partial charge in [0.2, 0.25) is 0 Å². The van der Waals surface area contributed by atoms with Crippen molar-refractivity contribution in [3.05, 3.63) is 35.1 Å². The van der Waals surface area contributed by atoms with E-state index < -0.39 is 0 Å².